The van der Waals surface area contributed by atoms with Gasteiger partial charge in [0.15, 0.2) is 5.78 Å². The lowest BCUT2D eigenvalue weighted by molar-refractivity contribution is 0.103. The van der Waals surface area contributed by atoms with Crippen LogP contribution in [-0.4, -0.2) is 5.78 Å². The summed E-state index contributed by atoms with van der Waals surface area (Å²) in [5.41, 5.74) is 5.02. The minimum absolute atomic E-state index is 0.167. The summed E-state index contributed by atoms with van der Waals surface area (Å²) in [6.07, 6.45) is 0. The Morgan fingerprint density at radius 1 is 1.11 bits per heavy atom. The molecule has 0 saturated heterocycles. The van der Waals surface area contributed by atoms with Gasteiger partial charge in [-0.05, 0) is 46.3 Å². The number of anilines is 1. The van der Waals surface area contributed by atoms with Gasteiger partial charge in [0.2, 0.25) is 0 Å². The highest BCUT2D eigenvalue weighted by molar-refractivity contribution is 9.10. The molecule has 0 spiro atoms. The molecule has 19 heavy (non-hydrogen) atoms. The van der Waals surface area contributed by atoms with Crippen LogP contribution >= 0.6 is 27.5 Å². The van der Waals surface area contributed by atoms with Crippen molar-refractivity contribution in [1.29, 1.82) is 0 Å². The first-order valence-electron chi connectivity index (χ1n) is 5.14. The lowest BCUT2D eigenvalue weighted by Crippen LogP contribution is -2.07. The topological polar surface area (TPSA) is 43.1 Å². The van der Waals surface area contributed by atoms with Crippen LogP contribution in [0.3, 0.4) is 0 Å². The van der Waals surface area contributed by atoms with Gasteiger partial charge in [-0.3, -0.25) is 4.79 Å². The van der Waals surface area contributed by atoms with E-state index in [0.717, 1.165) is 18.2 Å². The number of carbonyl (C=O) groups is 1. The molecule has 0 aliphatic heterocycles. The molecular weight excluding hydrogens is 340 g/mol. The van der Waals surface area contributed by atoms with Gasteiger partial charge in [-0.1, -0.05) is 11.6 Å². The van der Waals surface area contributed by atoms with Gasteiger partial charge in [0, 0.05) is 10.2 Å². The van der Waals surface area contributed by atoms with Crippen LogP contribution in [0.1, 0.15) is 15.9 Å². The van der Waals surface area contributed by atoms with Crippen molar-refractivity contribution in [3.8, 4) is 0 Å². The fourth-order valence-corrected chi connectivity index (χ4v) is 2.04. The molecule has 0 radical (unpaired) electrons. The fraction of sp³-hybridized carbons (Fsp3) is 0. The predicted molar refractivity (Wildman–Crippen MR) is 73.4 cm³/mol. The van der Waals surface area contributed by atoms with Crippen molar-refractivity contribution in [3.05, 3.63) is 62.6 Å². The molecule has 98 valence electrons. The molecule has 2 aromatic carbocycles. The van der Waals surface area contributed by atoms with Crippen molar-refractivity contribution in [3.63, 3.8) is 0 Å². The Morgan fingerprint density at radius 2 is 1.74 bits per heavy atom. The lowest BCUT2D eigenvalue weighted by atomic mass is 10.0. The largest absolute Gasteiger partial charge is 0.399 e. The quantitative estimate of drug-likeness (QED) is 0.503. The van der Waals surface area contributed by atoms with Crippen LogP contribution in [0, 0.1) is 11.6 Å². The maximum Gasteiger partial charge on any atom is 0.198 e. The number of nitrogens with two attached hydrogens (primary N) is 1. The average molecular weight is 347 g/mol. The van der Waals surface area contributed by atoms with E-state index in [2.05, 4.69) is 15.9 Å². The predicted octanol–water partition coefficient (Wildman–Crippen LogP) is 4.19. The third kappa shape index (κ3) is 2.77. The highest BCUT2D eigenvalue weighted by Gasteiger charge is 2.19. The Labute approximate surface area is 121 Å². The third-order valence-corrected chi connectivity index (χ3v) is 3.69. The number of ketones is 1. The monoisotopic (exact) mass is 345 g/mol. The summed E-state index contributed by atoms with van der Waals surface area (Å²) in [6.45, 7) is 0. The van der Waals surface area contributed by atoms with Crippen LogP contribution in [0.4, 0.5) is 14.5 Å². The Balaban J connectivity index is 2.53. The van der Waals surface area contributed by atoms with Crippen LogP contribution in [0.2, 0.25) is 5.02 Å². The molecule has 0 atom stereocenters. The molecule has 0 unspecified atom stereocenters. The summed E-state index contributed by atoms with van der Waals surface area (Å²) in [5.74, 6) is -2.37. The molecule has 2 nitrogen and oxygen atoms in total. The van der Waals surface area contributed by atoms with Crippen molar-refractivity contribution in [2.45, 2.75) is 0 Å². The highest BCUT2D eigenvalue weighted by Crippen LogP contribution is 2.27. The van der Waals surface area contributed by atoms with Crippen molar-refractivity contribution < 1.29 is 13.6 Å². The molecule has 0 aromatic heterocycles. The molecule has 0 fully saturated rings. The molecule has 0 aliphatic rings. The SMILES string of the molecule is Nc1ccc(C(=O)c2cc(Cl)c(Br)cc2F)c(F)c1. The lowest BCUT2D eigenvalue weighted by Gasteiger charge is -2.06. The van der Waals surface area contributed by atoms with Gasteiger partial charge in [-0.2, -0.15) is 0 Å². The first kappa shape index (κ1) is 14.0. The van der Waals surface area contributed by atoms with E-state index in [0.29, 0.717) is 4.47 Å². The average Bonchev–Trinajstić information content (AvgIpc) is 2.33. The zero-order valence-corrected chi connectivity index (χ0v) is 11.7. The van der Waals surface area contributed by atoms with E-state index in [4.69, 9.17) is 17.3 Å². The van der Waals surface area contributed by atoms with Gasteiger partial charge < -0.3 is 5.73 Å². The first-order valence-corrected chi connectivity index (χ1v) is 6.31. The van der Waals surface area contributed by atoms with E-state index in [9.17, 15) is 13.6 Å². The summed E-state index contributed by atoms with van der Waals surface area (Å²) in [5, 5.41) is 0.167. The summed E-state index contributed by atoms with van der Waals surface area (Å²) >= 11 is 8.84. The zero-order valence-electron chi connectivity index (χ0n) is 9.38. The van der Waals surface area contributed by atoms with Crippen LogP contribution in [0.5, 0.6) is 0 Å². The summed E-state index contributed by atoms with van der Waals surface area (Å²) < 4.78 is 27.7. The van der Waals surface area contributed by atoms with E-state index in [1.54, 1.807) is 0 Å². The molecule has 2 N–H and O–H groups in total. The number of benzene rings is 2. The minimum Gasteiger partial charge on any atom is -0.399 e. The van der Waals surface area contributed by atoms with Crippen LogP contribution in [0.15, 0.2) is 34.8 Å². The van der Waals surface area contributed by atoms with Crippen LogP contribution < -0.4 is 5.73 Å². The number of halogens is 4. The van der Waals surface area contributed by atoms with Gasteiger partial charge in [-0.15, -0.1) is 0 Å². The van der Waals surface area contributed by atoms with Gasteiger partial charge >= 0.3 is 0 Å². The summed E-state index contributed by atoms with van der Waals surface area (Å²) in [6, 6.07) is 5.80. The second-order valence-corrected chi connectivity index (χ2v) is 5.08. The second-order valence-electron chi connectivity index (χ2n) is 3.81. The molecule has 0 aliphatic carbocycles. The van der Waals surface area contributed by atoms with E-state index in [-0.39, 0.29) is 21.8 Å². The standard InChI is InChI=1S/C13H7BrClF2NO/c14-9-5-12(17)8(4-10(9)15)13(19)7-2-1-6(18)3-11(7)16/h1-5H,18H2. The number of rotatable bonds is 2. The fourth-order valence-electron chi connectivity index (χ4n) is 1.56. The van der Waals surface area contributed by atoms with Gasteiger partial charge in [0.05, 0.1) is 16.1 Å². The summed E-state index contributed by atoms with van der Waals surface area (Å²) in [7, 11) is 0. The van der Waals surface area contributed by atoms with Gasteiger partial charge in [0.1, 0.15) is 11.6 Å². The third-order valence-electron chi connectivity index (χ3n) is 2.49. The first-order chi connectivity index (χ1) is 8.90. The molecule has 6 heteroatoms. The number of nitrogen functional groups attached to an aromatic ring is 1. The zero-order chi connectivity index (χ0) is 14.2. The van der Waals surface area contributed by atoms with Crippen molar-refractivity contribution in [1.82, 2.24) is 0 Å². The smallest absolute Gasteiger partial charge is 0.198 e. The number of hydrogen-bond donors (Lipinski definition) is 1. The molecule has 0 amide bonds. The molecule has 0 bridgehead atoms. The van der Waals surface area contributed by atoms with E-state index in [1.165, 1.54) is 12.1 Å². The Morgan fingerprint density at radius 3 is 2.37 bits per heavy atom. The van der Waals surface area contributed by atoms with E-state index < -0.39 is 17.4 Å². The maximum absolute atomic E-state index is 13.7. The Kier molecular flexibility index (Phi) is 3.87. The van der Waals surface area contributed by atoms with Crippen LogP contribution in [-0.2, 0) is 0 Å². The maximum atomic E-state index is 13.7. The number of hydrogen-bond acceptors (Lipinski definition) is 2. The van der Waals surface area contributed by atoms with E-state index >= 15 is 0 Å². The van der Waals surface area contributed by atoms with Crippen molar-refractivity contribution >= 4 is 39.0 Å². The second kappa shape index (κ2) is 5.27. The minimum atomic E-state index is -0.802. The van der Waals surface area contributed by atoms with E-state index in [1.807, 2.05) is 0 Å². The normalized spacial score (nSPS) is 10.5. The van der Waals surface area contributed by atoms with Gasteiger partial charge in [-0.25, -0.2) is 8.78 Å². The molecule has 2 aromatic rings. The van der Waals surface area contributed by atoms with Crippen molar-refractivity contribution in [2.75, 3.05) is 5.73 Å². The molecule has 2 rings (SSSR count). The molecule has 0 heterocycles. The molecule has 0 saturated carbocycles. The highest BCUT2D eigenvalue weighted by atomic mass is 79.9. The Bertz CT molecular complexity index is 676. The molecular formula is C13H7BrClF2NO. The van der Waals surface area contributed by atoms with Gasteiger partial charge in [0.25, 0.3) is 0 Å². The number of carbonyl (C=O) groups excluding carboxylic acids is 1. The Hall–Kier alpha value is -1.46. The van der Waals surface area contributed by atoms with Crippen molar-refractivity contribution in [2.24, 2.45) is 0 Å². The summed E-state index contributed by atoms with van der Waals surface area (Å²) in [4.78, 5) is 12.1. The van der Waals surface area contributed by atoms with Crippen LogP contribution in [0.25, 0.3) is 0 Å².